The highest BCUT2D eigenvalue weighted by molar-refractivity contribution is 6.30. The number of nitro groups is 1. The molecule has 24 heavy (non-hydrogen) atoms. The van der Waals surface area contributed by atoms with E-state index in [2.05, 4.69) is 5.32 Å². The second-order valence-corrected chi connectivity index (χ2v) is 6.10. The lowest BCUT2D eigenvalue weighted by molar-refractivity contribution is -0.384. The zero-order valence-electron chi connectivity index (χ0n) is 13.0. The van der Waals surface area contributed by atoms with Crippen molar-refractivity contribution in [1.82, 2.24) is 5.32 Å². The average molecular weight is 349 g/mol. The fraction of sp³-hybridized carbons (Fsp3) is 0.235. The minimum absolute atomic E-state index is 0.0250. The van der Waals surface area contributed by atoms with E-state index < -0.39 is 10.5 Å². The Morgan fingerprint density at radius 3 is 2.54 bits per heavy atom. The Labute approximate surface area is 144 Å². The highest BCUT2D eigenvalue weighted by Gasteiger charge is 2.24. The van der Waals surface area contributed by atoms with Crippen LogP contribution in [0.1, 0.15) is 18.1 Å². The van der Waals surface area contributed by atoms with Gasteiger partial charge in [-0.15, -0.1) is 0 Å². The normalized spacial score (nSPS) is 13.1. The summed E-state index contributed by atoms with van der Waals surface area (Å²) < 4.78 is 0. The van der Waals surface area contributed by atoms with Gasteiger partial charge in [0.25, 0.3) is 5.69 Å². The van der Waals surface area contributed by atoms with Crippen molar-refractivity contribution in [2.45, 2.75) is 18.9 Å². The van der Waals surface area contributed by atoms with Crippen molar-refractivity contribution in [2.24, 2.45) is 0 Å². The molecule has 0 saturated carbocycles. The number of benzene rings is 2. The largest absolute Gasteiger partial charge is 0.384 e. The van der Waals surface area contributed by atoms with Gasteiger partial charge in [-0.25, -0.2) is 0 Å². The average Bonchev–Trinajstić information content (AvgIpc) is 2.53. The zero-order chi connectivity index (χ0) is 17.7. The Bertz CT molecular complexity index is 745. The van der Waals surface area contributed by atoms with E-state index in [1.807, 2.05) is 0 Å². The van der Waals surface area contributed by atoms with Crippen molar-refractivity contribution in [3.8, 4) is 0 Å². The number of carbonyl (C=O) groups is 1. The van der Waals surface area contributed by atoms with Crippen molar-refractivity contribution in [2.75, 3.05) is 6.54 Å². The van der Waals surface area contributed by atoms with Crippen molar-refractivity contribution in [3.05, 3.63) is 74.8 Å². The summed E-state index contributed by atoms with van der Waals surface area (Å²) in [4.78, 5) is 22.1. The van der Waals surface area contributed by atoms with Gasteiger partial charge in [-0.1, -0.05) is 35.9 Å². The van der Waals surface area contributed by atoms with E-state index in [-0.39, 0.29) is 24.6 Å². The molecule has 0 aromatic heterocycles. The number of non-ortho nitro benzene ring substituents is 1. The lowest BCUT2D eigenvalue weighted by Crippen LogP contribution is -2.39. The number of nitro benzene ring substituents is 1. The SMILES string of the molecule is C[C@@](O)(CNC(=O)Cc1ccc([N+](=O)[O-])cc1)c1cccc(Cl)c1. The van der Waals surface area contributed by atoms with Crippen molar-refractivity contribution < 1.29 is 14.8 Å². The second kappa shape index (κ2) is 7.42. The summed E-state index contributed by atoms with van der Waals surface area (Å²) in [5.41, 5.74) is -0.0232. The Morgan fingerprint density at radius 2 is 1.96 bits per heavy atom. The van der Waals surface area contributed by atoms with Gasteiger partial charge in [0.15, 0.2) is 0 Å². The third-order valence-corrected chi connectivity index (χ3v) is 3.82. The first-order valence-electron chi connectivity index (χ1n) is 7.26. The molecule has 1 atom stereocenters. The van der Waals surface area contributed by atoms with Crippen LogP contribution in [0.5, 0.6) is 0 Å². The third-order valence-electron chi connectivity index (χ3n) is 3.59. The van der Waals surface area contributed by atoms with Crippen molar-refractivity contribution in [1.29, 1.82) is 0 Å². The number of hydrogen-bond donors (Lipinski definition) is 2. The molecule has 0 aliphatic rings. The molecule has 0 bridgehead atoms. The Balaban J connectivity index is 1.93. The summed E-state index contributed by atoms with van der Waals surface area (Å²) in [5, 5.41) is 24.2. The fourth-order valence-corrected chi connectivity index (χ4v) is 2.37. The number of halogens is 1. The van der Waals surface area contributed by atoms with Gasteiger partial charge >= 0.3 is 0 Å². The molecule has 126 valence electrons. The number of nitrogens with zero attached hydrogens (tertiary/aromatic N) is 1. The maximum absolute atomic E-state index is 12.0. The maximum Gasteiger partial charge on any atom is 0.269 e. The van der Waals surface area contributed by atoms with E-state index in [9.17, 15) is 20.0 Å². The van der Waals surface area contributed by atoms with E-state index in [1.54, 1.807) is 31.2 Å². The topological polar surface area (TPSA) is 92.5 Å². The van der Waals surface area contributed by atoms with E-state index in [0.29, 0.717) is 16.1 Å². The van der Waals surface area contributed by atoms with E-state index in [4.69, 9.17) is 11.6 Å². The standard InChI is InChI=1S/C17H17ClN2O4/c1-17(22,13-3-2-4-14(18)10-13)11-19-16(21)9-12-5-7-15(8-6-12)20(23)24/h2-8,10,22H,9,11H2,1H3,(H,19,21)/t17-/m1/s1. The molecule has 7 heteroatoms. The minimum atomic E-state index is -1.25. The summed E-state index contributed by atoms with van der Waals surface area (Å²) in [6.45, 7) is 1.62. The monoisotopic (exact) mass is 348 g/mol. The molecule has 0 saturated heterocycles. The molecular weight excluding hydrogens is 332 g/mol. The van der Waals surface area contributed by atoms with Crippen LogP contribution < -0.4 is 5.32 Å². The molecule has 2 N–H and O–H groups in total. The molecule has 0 unspecified atom stereocenters. The van der Waals surface area contributed by atoms with E-state index in [0.717, 1.165) is 0 Å². The van der Waals surface area contributed by atoms with Crippen LogP contribution in [0.25, 0.3) is 0 Å². The van der Waals surface area contributed by atoms with E-state index >= 15 is 0 Å². The molecule has 0 spiro atoms. The van der Waals surface area contributed by atoms with Gasteiger partial charge in [-0.3, -0.25) is 14.9 Å². The van der Waals surface area contributed by atoms with Crippen LogP contribution in [0, 0.1) is 10.1 Å². The highest BCUT2D eigenvalue weighted by atomic mass is 35.5. The van der Waals surface area contributed by atoms with Crippen LogP contribution in [0.15, 0.2) is 48.5 Å². The fourth-order valence-electron chi connectivity index (χ4n) is 2.18. The first-order valence-corrected chi connectivity index (χ1v) is 7.64. The van der Waals surface area contributed by atoms with Gasteiger partial charge in [0.1, 0.15) is 5.60 Å². The van der Waals surface area contributed by atoms with Gasteiger partial charge < -0.3 is 10.4 Å². The molecule has 1 amide bonds. The summed E-state index contributed by atoms with van der Waals surface area (Å²) in [6.07, 6.45) is 0.0730. The molecule has 2 aromatic carbocycles. The summed E-state index contributed by atoms with van der Waals surface area (Å²) in [7, 11) is 0. The van der Waals surface area contributed by atoms with Gasteiger partial charge in [-0.2, -0.15) is 0 Å². The molecule has 0 heterocycles. The van der Waals surface area contributed by atoms with Crippen molar-refractivity contribution >= 4 is 23.2 Å². The molecule has 0 aliphatic carbocycles. The van der Waals surface area contributed by atoms with Crippen LogP contribution in [0.4, 0.5) is 5.69 Å². The summed E-state index contributed by atoms with van der Waals surface area (Å²) in [5.74, 6) is -0.286. The molecule has 2 rings (SSSR count). The highest BCUT2D eigenvalue weighted by Crippen LogP contribution is 2.22. The molecule has 0 aliphatic heterocycles. The number of aliphatic hydroxyl groups is 1. The smallest absolute Gasteiger partial charge is 0.269 e. The predicted molar refractivity (Wildman–Crippen MR) is 90.8 cm³/mol. The van der Waals surface area contributed by atoms with Gasteiger partial charge in [0.05, 0.1) is 17.9 Å². The van der Waals surface area contributed by atoms with Gasteiger partial charge in [0, 0.05) is 17.2 Å². The zero-order valence-corrected chi connectivity index (χ0v) is 13.8. The minimum Gasteiger partial charge on any atom is -0.384 e. The first-order chi connectivity index (χ1) is 11.3. The molecule has 0 radical (unpaired) electrons. The summed E-state index contributed by atoms with van der Waals surface area (Å²) in [6, 6.07) is 12.6. The van der Waals surface area contributed by atoms with Crippen molar-refractivity contribution in [3.63, 3.8) is 0 Å². The number of rotatable bonds is 6. The quantitative estimate of drug-likeness (QED) is 0.620. The van der Waals surface area contributed by atoms with Gasteiger partial charge in [0.2, 0.25) is 5.91 Å². The predicted octanol–water partition coefficient (Wildman–Crippen LogP) is 2.81. The lowest BCUT2D eigenvalue weighted by atomic mass is 9.96. The number of amides is 1. The maximum atomic E-state index is 12.0. The van der Waals surface area contributed by atoms with Crippen LogP contribution in [0.2, 0.25) is 5.02 Å². The van der Waals surface area contributed by atoms with Crippen LogP contribution >= 0.6 is 11.6 Å². The van der Waals surface area contributed by atoms with Crippen LogP contribution in [-0.2, 0) is 16.8 Å². The molecule has 2 aromatic rings. The number of nitrogens with one attached hydrogen (secondary N) is 1. The molecule has 0 fully saturated rings. The second-order valence-electron chi connectivity index (χ2n) is 5.66. The number of hydrogen-bond acceptors (Lipinski definition) is 4. The lowest BCUT2D eigenvalue weighted by Gasteiger charge is -2.24. The Morgan fingerprint density at radius 1 is 1.29 bits per heavy atom. The van der Waals surface area contributed by atoms with Crippen LogP contribution in [0.3, 0.4) is 0 Å². The molecular formula is C17H17ClN2O4. The Hall–Kier alpha value is -2.44. The van der Waals surface area contributed by atoms with Crippen LogP contribution in [-0.4, -0.2) is 22.5 Å². The summed E-state index contributed by atoms with van der Waals surface area (Å²) >= 11 is 5.91. The van der Waals surface area contributed by atoms with Gasteiger partial charge in [-0.05, 0) is 30.2 Å². The third kappa shape index (κ3) is 4.78. The van der Waals surface area contributed by atoms with E-state index in [1.165, 1.54) is 24.3 Å². The first kappa shape index (κ1) is 17.9. The Kier molecular flexibility index (Phi) is 5.54. The number of carbonyl (C=O) groups excluding carboxylic acids is 1. The molecule has 6 nitrogen and oxygen atoms in total.